The van der Waals surface area contributed by atoms with E-state index in [-0.39, 0.29) is 0 Å². The normalized spacial score (nSPS) is 25.9. The van der Waals surface area contributed by atoms with E-state index >= 15 is 0 Å². The molecule has 0 radical (unpaired) electrons. The van der Waals surface area contributed by atoms with Crippen LogP contribution in [0.2, 0.25) is 0 Å². The Hall–Kier alpha value is -1.29. The van der Waals surface area contributed by atoms with Crippen LogP contribution >= 0.6 is 11.3 Å². The molecular weight excluding hydrogens is 220 g/mol. The zero-order valence-corrected chi connectivity index (χ0v) is 9.78. The van der Waals surface area contributed by atoms with E-state index in [0.29, 0.717) is 5.92 Å². The third-order valence-corrected chi connectivity index (χ3v) is 4.23. The summed E-state index contributed by atoms with van der Waals surface area (Å²) in [4.78, 5) is 3.55. The molecule has 0 spiro atoms. The SMILES string of the molecule is O/N=C1\C(=C\c2cccs2)N2CCC1CC2. The molecule has 4 heteroatoms. The quantitative estimate of drug-likeness (QED) is 0.599. The van der Waals surface area contributed by atoms with Crippen LogP contribution in [0.1, 0.15) is 17.7 Å². The summed E-state index contributed by atoms with van der Waals surface area (Å²) in [6.07, 6.45) is 4.40. The van der Waals surface area contributed by atoms with Gasteiger partial charge in [-0.05, 0) is 30.4 Å². The zero-order valence-electron chi connectivity index (χ0n) is 8.97. The maximum atomic E-state index is 9.14. The van der Waals surface area contributed by atoms with Crippen molar-refractivity contribution in [2.45, 2.75) is 12.8 Å². The molecule has 1 N–H and O–H groups in total. The fourth-order valence-corrected chi connectivity index (χ4v) is 3.22. The largest absolute Gasteiger partial charge is 0.411 e. The monoisotopic (exact) mass is 234 g/mol. The van der Waals surface area contributed by atoms with Gasteiger partial charge < -0.3 is 10.1 Å². The average Bonchev–Trinajstić information content (AvgIpc) is 2.83. The molecule has 16 heavy (non-hydrogen) atoms. The highest BCUT2D eigenvalue weighted by atomic mass is 32.1. The van der Waals surface area contributed by atoms with Gasteiger partial charge in [0.15, 0.2) is 0 Å². The second kappa shape index (κ2) is 3.94. The summed E-state index contributed by atoms with van der Waals surface area (Å²) < 4.78 is 0. The molecule has 0 unspecified atom stereocenters. The lowest BCUT2D eigenvalue weighted by molar-refractivity contribution is 0.229. The topological polar surface area (TPSA) is 35.8 Å². The van der Waals surface area contributed by atoms with Crippen LogP contribution in [0.3, 0.4) is 0 Å². The summed E-state index contributed by atoms with van der Waals surface area (Å²) in [6.45, 7) is 2.20. The minimum atomic E-state index is 0.459. The first-order valence-corrected chi connectivity index (χ1v) is 6.49. The van der Waals surface area contributed by atoms with E-state index in [2.05, 4.69) is 27.6 Å². The Balaban J connectivity index is 1.99. The Morgan fingerprint density at radius 1 is 1.44 bits per heavy atom. The van der Waals surface area contributed by atoms with Gasteiger partial charge in [0.2, 0.25) is 0 Å². The molecule has 84 valence electrons. The molecule has 0 saturated carbocycles. The summed E-state index contributed by atoms with van der Waals surface area (Å²) in [6, 6.07) is 4.14. The molecule has 3 aliphatic rings. The Kier molecular flexibility index (Phi) is 2.44. The van der Waals surface area contributed by atoms with E-state index in [1.165, 1.54) is 4.88 Å². The summed E-state index contributed by atoms with van der Waals surface area (Å²) >= 11 is 1.72. The molecule has 0 atom stereocenters. The Morgan fingerprint density at radius 3 is 2.88 bits per heavy atom. The molecule has 4 rings (SSSR count). The first-order valence-electron chi connectivity index (χ1n) is 5.61. The lowest BCUT2D eigenvalue weighted by atomic mass is 9.84. The third-order valence-electron chi connectivity index (χ3n) is 3.41. The van der Waals surface area contributed by atoms with E-state index < -0.39 is 0 Å². The van der Waals surface area contributed by atoms with Crippen LogP contribution in [0.4, 0.5) is 0 Å². The minimum Gasteiger partial charge on any atom is -0.411 e. The summed E-state index contributed by atoms with van der Waals surface area (Å²) in [5.74, 6) is 0.459. The van der Waals surface area contributed by atoms with Crippen molar-refractivity contribution in [3.8, 4) is 0 Å². The van der Waals surface area contributed by atoms with Gasteiger partial charge in [-0.15, -0.1) is 11.3 Å². The van der Waals surface area contributed by atoms with E-state index in [1.807, 2.05) is 6.07 Å². The lowest BCUT2D eigenvalue weighted by Crippen LogP contribution is -2.46. The van der Waals surface area contributed by atoms with Gasteiger partial charge in [0, 0.05) is 23.9 Å². The van der Waals surface area contributed by atoms with E-state index in [1.54, 1.807) is 11.3 Å². The molecule has 3 saturated heterocycles. The van der Waals surface area contributed by atoms with Crippen molar-refractivity contribution in [3.63, 3.8) is 0 Å². The maximum Gasteiger partial charge on any atom is 0.106 e. The first kappa shape index (κ1) is 9.90. The number of hydrogen-bond acceptors (Lipinski definition) is 4. The van der Waals surface area contributed by atoms with Crippen LogP contribution in [0.5, 0.6) is 0 Å². The van der Waals surface area contributed by atoms with E-state index in [9.17, 15) is 0 Å². The highest BCUT2D eigenvalue weighted by Crippen LogP contribution is 2.33. The molecule has 1 aromatic rings. The molecule has 2 bridgehead atoms. The molecule has 0 amide bonds. The van der Waals surface area contributed by atoms with Gasteiger partial charge in [0.05, 0.1) is 5.70 Å². The van der Waals surface area contributed by atoms with Gasteiger partial charge >= 0.3 is 0 Å². The summed E-state index contributed by atoms with van der Waals surface area (Å²) in [5, 5.41) is 14.7. The average molecular weight is 234 g/mol. The molecule has 3 fully saturated rings. The highest BCUT2D eigenvalue weighted by Gasteiger charge is 2.35. The smallest absolute Gasteiger partial charge is 0.106 e. The van der Waals surface area contributed by atoms with Crippen molar-refractivity contribution < 1.29 is 5.21 Å². The van der Waals surface area contributed by atoms with Gasteiger partial charge in [-0.1, -0.05) is 11.2 Å². The molecular formula is C12H14N2OS. The second-order valence-electron chi connectivity index (χ2n) is 4.29. The molecule has 0 aromatic carbocycles. The number of fused-ring (bicyclic) bond motifs is 3. The Morgan fingerprint density at radius 2 is 2.25 bits per heavy atom. The summed E-state index contributed by atoms with van der Waals surface area (Å²) in [5.41, 5.74) is 2.00. The minimum absolute atomic E-state index is 0.459. The molecule has 1 aromatic heterocycles. The fraction of sp³-hybridized carbons (Fsp3) is 0.417. The van der Waals surface area contributed by atoms with Crippen molar-refractivity contribution in [2.24, 2.45) is 11.1 Å². The predicted molar refractivity (Wildman–Crippen MR) is 65.8 cm³/mol. The van der Waals surface area contributed by atoms with Gasteiger partial charge in [-0.25, -0.2) is 0 Å². The number of oxime groups is 1. The number of allylic oxidation sites excluding steroid dienone is 1. The fourth-order valence-electron chi connectivity index (χ4n) is 2.57. The number of hydrogen-bond donors (Lipinski definition) is 1. The van der Waals surface area contributed by atoms with Crippen molar-refractivity contribution in [1.82, 2.24) is 4.90 Å². The Bertz CT molecular complexity index is 428. The zero-order chi connectivity index (χ0) is 11.0. The van der Waals surface area contributed by atoms with Crippen molar-refractivity contribution in [1.29, 1.82) is 0 Å². The number of rotatable bonds is 1. The van der Waals surface area contributed by atoms with Crippen LogP contribution in [0.25, 0.3) is 6.08 Å². The van der Waals surface area contributed by atoms with Crippen LogP contribution in [0.15, 0.2) is 28.4 Å². The van der Waals surface area contributed by atoms with Crippen LogP contribution < -0.4 is 0 Å². The highest BCUT2D eigenvalue weighted by molar-refractivity contribution is 7.10. The Labute approximate surface area is 98.7 Å². The molecule has 3 aliphatic heterocycles. The van der Waals surface area contributed by atoms with Gasteiger partial charge in [-0.3, -0.25) is 0 Å². The second-order valence-corrected chi connectivity index (χ2v) is 5.27. The number of thiophene rings is 1. The first-order chi connectivity index (χ1) is 7.88. The third kappa shape index (κ3) is 1.53. The van der Waals surface area contributed by atoms with Gasteiger partial charge in [-0.2, -0.15) is 0 Å². The summed E-state index contributed by atoms with van der Waals surface area (Å²) in [7, 11) is 0. The van der Waals surface area contributed by atoms with Crippen molar-refractivity contribution >= 4 is 23.1 Å². The van der Waals surface area contributed by atoms with E-state index in [4.69, 9.17) is 5.21 Å². The van der Waals surface area contributed by atoms with Crippen LogP contribution in [-0.2, 0) is 0 Å². The lowest BCUT2D eigenvalue weighted by Gasteiger charge is -2.42. The van der Waals surface area contributed by atoms with Crippen LogP contribution in [-0.4, -0.2) is 28.9 Å². The molecule has 3 nitrogen and oxygen atoms in total. The molecule has 4 heterocycles. The van der Waals surface area contributed by atoms with Crippen LogP contribution in [0, 0.1) is 5.92 Å². The number of nitrogens with zero attached hydrogens (tertiary/aromatic N) is 2. The van der Waals surface area contributed by atoms with Crippen molar-refractivity contribution in [2.75, 3.05) is 13.1 Å². The predicted octanol–water partition coefficient (Wildman–Crippen LogP) is 2.64. The number of piperidine rings is 3. The van der Waals surface area contributed by atoms with Crippen molar-refractivity contribution in [3.05, 3.63) is 28.1 Å². The molecule has 0 aliphatic carbocycles. The maximum absolute atomic E-state index is 9.14. The van der Waals surface area contributed by atoms with Gasteiger partial charge in [0.1, 0.15) is 5.71 Å². The van der Waals surface area contributed by atoms with Gasteiger partial charge in [0.25, 0.3) is 0 Å². The van der Waals surface area contributed by atoms with E-state index in [0.717, 1.165) is 37.3 Å². The standard InChI is InChI=1S/C12H14N2OS/c15-13-12-9-3-5-14(6-4-9)11(12)8-10-2-1-7-16-10/h1-2,7-9,15H,3-6H2/b11-8-,13-12-.